The summed E-state index contributed by atoms with van der Waals surface area (Å²) in [6, 6.07) is 17.4. The van der Waals surface area contributed by atoms with Crippen molar-refractivity contribution in [2.75, 3.05) is 45.9 Å². The van der Waals surface area contributed by atoms with E-state index >= 15 is 0 Å². The van der Waals surface area contributed by atoms with Gasteiger partial charge in [0.1, 0.15) is 31.1 Å². The first-order valence-electron chi connectivity index (χ1n) is 13.3. The van der Waals surface area contributed by atoms with E-state index in [1.54, 1.807) is 4.90 Å². The molecule has 0 atom stereocenters. The van der Waals surface area contributed by atoms with Crippen LogP contribution in [0.15, 0.2) is 60.2 Å². The molecule has 1 aliphatic carbocycles. The summed E-state index contributed by atoms with van der Waals surface area (Å²) < 4.78 is 16.2. The van der Waals surface area contributed by atoms with Gasteiger partial charge in [-0.25, -0.2) is 14.4 Å². The van der Waals surface area contributed by atoms with Gasteiger partial charge in [0.2, 0.25) is 0 Å². The minimum atomic E-state index is -0.474. The first-order valence-corrected chi connectivity index (χ1v) is 13.3. The van der Waals surface area contributed by atoms with Crippen molar-refractivity contribution < 1.29 is 28.6 Å². The Hall–Kier alpha value is -4.21. The fourth-order valence-electron chi connectivity index (χ4n) is 5.86. The number of likely N-dealkylation sites (tertiary alicyclic amines) is 2. The standard InChI is InChI=1S/C29H32N4O6/c34-25(38-15-21-6-2-1-3-7-21)30-10-11-37-24-9-5-4-8-23(24)12-22-13-28(14-22)16-32(17-28)27(36)33-18-29(19-33)20-39-26(35)31-29/h1-9,12H,10-11,13-20H2,(H,30,34)(H,31,35). The number of rotatable bonds is 7. The van der Waals surface area contributed by atoms with Crippen LogP contribution < -0.4 is 15.4 Å². The average molecular weight is 533 g/mol. The number of amides is 4. The van der Waals surface area contributed by atoms with Gasteiger partial charge in [0, 0.05) is 24.1 Å². The number of allylic oxidation sites excluding steroid dienone is 1. The predicted molar refractivity (Wildman–Crippen MR) is 142 cm³/mol. The van der Waals surface area contributed by atoms with Gasteiger partial charge in [0.05, 0.1) is 19.6 Å². The van der Waals surface area contributed by atoms with Crippen molar-refractivity contribution in [1.29, 1.82) is 0 Å². The zero-order chi connectivity index (χ0) is 26.9. The van der Waals surface area contributed by atoms with Crippen LogP contribution in [-0.4, -0.2) is 79.5 Å². The number of urea groups is 1. The molecule has 0 bridgehead atoms. The Labute approximate surface area is 226 Å². The molecule has 3 aliphatic heterocycles. The van der Waals surface area contributed by atoms with E-state index in [2.05, 4.69) is 16.7 Å². The van der Waals surface area contributed by atoms with Gasteiger partial charge in [0.15, 0.2) is 0 Å². The van der Waals surface area contributed by atoms with Crippen LogP contribution in [-0.2, 0) is 16.1 Å². The number of hydrogen-bond donors (Lipinski definition) is 2. The summed E-state index contributed by atoms with van der Waals surface area (Å²) in [6.45, 7) is 3.76. The number of nitrogens with one attached hydrogen (secondary N) is 2. The second-order valence-electron chi connectivity index (χ2n) is 11.0. The Morgan fingerprint density at radius 1 is 1.00 bits per heavy atom. The zero-order valence-corrected chi connectivity index (χ0v) is 21.7. The lowest BCUT2D eigenvalue weighted by Crippen LogP contribution is -2.74. The molecule has 204 valence electrons. The highest BCUT2D eigenvalue weighted by Gasteiger charge is 2.56. The second-order valence-corrected chi connectivity index (χ2v) is 11.0. The number of carbonyl (C=O) groups is 3. The van der Waals surface area contributed by atoms with E-state index in [1.165, 1.54) is 5.57 Å². The van der Waals surface area contributed by atoms with Crippen LogP contribution in [0.5, 0.6) is 5.75 Å². The molecule has 4 fully saturated rings. The first kappa shape index (κ1) is 25.1. The molecule has 2 aromatic rings. The van der Waals surface area contributed by atoms with Crippen molar-refractivity contribution in [2.45, 2.75) is 25.0 Å². The van der Waals surface area contributed by atoms with Crippen molar-refractivity contribution in [3.63, 3.8) is 0 Å². The van der Waals surface area contributed by atoms with Gasteiger partial charge in [0.25, 0.3) is 0 Å². The lowest BCUT2D eigenvalue weighted by atomic mass is 9.60. The molecular formula is C29H32N4O6. The maximum atomic E-state index is 12.8. The van der Waals surface area contributed by atoms with Crippen LogP contribution in [0.2, 0.25) is 0 Å². The average Bonchev–Trinajstić information content (AvgIpc) is 3.28. The Kier molecular flexibility index (Phi) is 6.54. The van der Waals surface area contributed by atoms with Crippen LogP contribution in [0.25, 0.3) is 6.08 Å². The minimum Gasteiger partial charge on any atom is -0.491 e. The first-order chi connectivity index (χ1) is 18.9. The Balaban J connectivity index is 0.917. The Bertz CT molecular complexity index is 1270. The number of benzene rings is 2. The summed E-state index contributed by atoms with van der Waals surface area (Å²) in [5, 5.41) is 5.53. The van der Waals surface area contributed by atoms with Crippen LogP contribution in [0, 0.1) is 5.41 Å². The number of para-hydroxylation sites is 1. The summed E-state index contributed by atoms with van der Waals surface area (Å²) in [6.07, 6.45) is 3.23. The maximum absolute atomic E-state index is 12.8. The van der Waals surface area contributed by atoms with E-state index < -0.39 is 17.7 Å². The van der Waals surface area contributed by atoms with Gasteiger partial charge in [-0.15, -0.1) is 0 Å². The highest BCUT2D eigenvalue weighted by Crippen LogP contribution is 2.52. The lowest BCUT2D eigenvalue weighted by Gasteiger charge is -2.59. The molecule has 3 heterocycles. The molecule has 4 aliphatic rings. The molecule has 2 N–H and O–H groups in total. The number of carbonyl (C=O) groups excluding carboxylic acids is 3. The van der Waals surface area contributed by atoms with E-state index in [9.17, 15) is 14.4 Å². The van der Waals surface area contributed by atoms with Crippen molar-refractivity contribution in [1.82, 2.24) is 20.4 Å². The third kappa shape index (κ3) is 5.36. The molecule has 6 rings (SSSR count). The largest absolute Gasteiger partial charge is 0.491 e. The number of ether oxygens (including phenoxy) is 3. The van der Waals surface area contributed by atoms with Gasteiger partial charge >= 0.3 is 18.2 Å². The Morgan fingerprint density at radius 2 is 1.72 bits per heavy atom. The maximum Gasteiger partial charge on any atom is 0.407 e. The molecule has 2 spiro atoms. The van der Waals surface area contributed by atoms with Crippen LogP contribution in [0.1, 0.15) is 24.0 Å². The third-order valence-corrected chi connectivity index (χ3v) is 7.75. The lowest BCUT2D eigenvalue weighted by molar-refractivity contribution is -0.0283. The molecule has 2 aromatic carbocycles. The van der Waals surface area contributed by atoms with Crippen molar-refractivity contribution in [3.05, 3.63) is 71.3 Å². The fraction of sp³-hybridized carbons (Fsp3) is 0.414. The second kappa shape index (κ2) is 10.2. The Morgan fingerprint density at radius 3 is 2.46 bits per heavy atom. The SMILES string of the molecule is O=C(NCCOc1ccccc1C=C1CC2(C1)CN(C(=O)N1CC3(COC(=O)N3)C1)C2)OCc1ccccc1. The molecule has 0 unspecified atom stereocenters. The van der Waals surface area contributed by atoms with E-state index in [-0.39, 0.29) is 18.1 Å². The number of alkyl carbamates (subject to hydrolysis) is 2. The monoisotopic (exact) mass is 532 g/mol. The normalized spacial score (nSPS) is 19.8. The summed E-state index contributed by atoms with van der Waals surface area (Å²) in [5.41, 5.74) is 3.07. The molecule has 0 aromatic heterocycles. The highest BCUT2D eigenvalue weighted by molar-refractivity contribution is 5.79. The number of nitrogens with zero attached hydrogens (tertiary/aromatic N) is 2. The predicted octanol–water partition coefficient (Wildman–Crippen LogP) is 3.39. The summed E-state index contributed by atoms with van der Waals surface area (Å²) in [7, 11) is 0. The quantitative estimate of drug-likeness (QED) is 0.529. The van der Waals surface area contributed by atoms with Crippen molar-refractivity contribution in [3.8, 4) is 5.75 Å². The summed E-state index contributed by atoms with van der Waals surface area (Å²) in [5.74, 6) is 0.769. The van der Waals surface area contributed by atoms with Gasteiger partial charge in [-0.05, 0) is 24.5 Å². The molecule has 1 saturated carbocycles. The highest BCUT2D eigenvalue weighted by atomic mass is 16.6. The van der Waals surface area contributed by atoms with Crippen molar-refractivity contribution in [2.24, 2.45) is 5.41 Å². The zero-order valence-electron chi connectivity index (χ0n) is 21.7. The topological polar surface area (TPSA) is 109 Å². The molecule has 3 saturated heterocycles. The third-order valence-electron chi connectivity index (χ3n) is 7.75. The van der Waals surface area contributed by atoms with E-state index in [0.717, 1.165) is 42.8 Å². The van der Waals surface area contributed by atoms with Crippen LogP contribution >= 0.6 is 0 Å². The van der Waals surface area contributed by atoms with Gasteiger partial charge < -0.3 is 34.6 Å². The van der Waals surface area contributed by atoms with Gasteiger partial charge in [-0.1, -0.05) is 60.2 Å². The van der Waals surface area contributed by atoms with Gasteiger partial charge in [-0.3, -0.25) is 0 Å². The molecular weight excluding hydrogens is 500 g/mol. The number of hydrogen-bond acceptors (Lipinski definition) is 6. The summed E-state index contributed by atoms with van der Waals surface area (Å²) >= 11 is 0. The van der Waals surface area contributed by atoms with E-state index in [0.29, 0.717) is 32.8 Å². The van der Waals surface area contributed by atoms with Gasteiger partial charge in [-0.2, -0.15) is 0 Å². The van der Waals surface area contributed by atoms with E-state index in [1.807, 2.05) is 59.5 Å². The van der Waals surface area contributed by atoms with Crippen molar-refractivity contribution >= 4 is 24.3 Å². The van der Waals surface area contributed by atoms with E-state index in [4.69, 9.17) is 14.2 Å². The van der Waals surface area contributed by atoms with Crippen LogP contribution in [0.3, 0.4) is 0 Å². The smallest absolute Gasteiger partial charge is 0.407 e. The summed E-state index contributed by atoms with van der Waals surface area (Å²) in [4.78, 5) is 39.7. The molecule has 4 amide bonds. The van der Waals surface area contributed by atoms with Crippen LogP contribution in [0.4, 0.5) is 14.4 Å². The molecule has 0 radical (unpaired) electrons. The fourth-order valence-corrected chi connectivity index (χ4v) is 5.86. The number of cyclic esters (lactones) is 1. The molecule has 39 heavy (non-hydrogen) atoms. The molecule has 10 heteroatoms. The molecule has 10 nitrogen and oxygen atoms in total. The minimum absolute atomic E-state index is 0.0427.